The van der Waals surface area contributed by atoms with Crippen molar-refractivity contribution in [3.63, 3.8) is 0 Å². The summed E-state index contributed by atoms with van der Waals surface area (Å²) in [7, 11) is 1.94. The summed E-state index contributed by atoms with van der Waals surface area (Å²) in [5, 5.41) is 13.7. The largest absolute Gasteiger partial charge is 0.388 e. The van der Waals surface area contributed by atoms with E-state index in [2.05, 4.69) is 29.6 Å². The smallest absolute Gasteiger partial charge is 0.0830 e. The topological polar surface area (TPSA) is 32.3 Å². The van der Waals surface area contributed by atoms with Crippen molar-refractivity contribution >= 4 is 0 Å². The fourth-order valence-electron chi connectivity index (χ4n) is 2.55. The summed E-state index contributed by atoms with van der Waals surface area (Å²) in [6.07, 6.45) is 1.56. The van der Waals surface area contributed by atoms with Gasteiger partial charge >= 0.3 is 0 Å². The molecule has 0 aliphatic rings. The first kappa shape index (κ1) is 14.8. The van der Waals surface area contributed by atoms with Gasteiger partial charge in [0.1, 0.15) is 0 Å². The van der Waals surface area contributed by atoms with Gasteiger partial charge in [-0.15, -0.1) is 0 Å². The van der Waals surface area contributed by atoms with Gasteiger partial charge in [-0.05, 0) is 31.0 Å². The maximum Gasteiger partial charge on any atom is 0.0830 e. The normalized spacial score (nSPS) is 13.9. The first-order chi connectivity index (χ1) is 9.81. The molecule has 2 aromatic rings. The Hall–Kier alpha value is -1.64. The first-order valence-corrected chi connectivity index (χ1v) is 7.23. The molecule has 0 radical (unpaired) electrons. The number of aryl methyl sites for hydroxylation is 1. The van der Waals surface area contributed by atoms with Crippen molar-refractivity contribution in [3.05, 3.63) is 71.8 Å². The third kappa shape index (κ3) is 4.19. The van der Waals surface area contributed by atoms with Crippen molar-refractivity contribution in [1.29, 1.82) is 0 Å². The van der Waals surface area contributed by atoms with E-state index in [4.69, 9.17) is 0 Å². The lowest BCUT2D eigenvalue weighted by Crippen LogP contribution is -2.25. The fraction of sp³-hybridized carbons (Fsp3) is 0.333. The van der Waals surface area contributed by atoms with Crippen LogP contribution in [0.3, 0.4) is 0 Å². The van der Waals surface area contributed by atoms with Gasteiger partial charge in [0.25, 0.3) is 0 Å². The van der Waals surface area contributed by atoms with E-state index in [0.717, 1.165) is 24.9 Å². The van der Waals surface area contributed by atoms with Crippen molar-refractivity contribution in [2.45, 2.75) is 18.9 Å². The second kappa shape index (κ2) is 7.83. The number of hydrogen-bond donors (Lipinski definition) is 2. The van der Waals surface area contributed by atoms with Crippen LogP contribution in [0.25, 0.3) is 0 Å². The highest BCUT2D eigenvalue weighted by Gasteiger charge is 2.19. The highest BCUT2D eigenvalue weighted by molar-refractivity contribution is 5.19. The van der Waals surface area contributed by atoms with Crippen LogP contribution in [-0.4, -0.2) is 18.7 Å². The zero-order chi connectivity index (χ0) is 14.2. The van der Waals surface area contributed by atoms with Crippen molar-refractivity contribution in [2.75, 3.05) is 13.6 Å². The highest BCUT2D eigenvalue weighted by atomic mass is 16.3. The minimum absolute atomic E-state index is 0.225. The molecule has 2 atom stereocenters. The molecule has 2 nitrogen and oxygen atoms in total. The summed E-state index contributed by atoms with van der Waals surface area (Å²) in [5.41, 5.74) is 2.33. The highest BCUT2D eigenvalue weighted by Crippen LogP contribution is 2.25. The van der Waals surface area contributed by atoms with Gasteiger partial charge in [-0.3, -0.25) is 0 Å². The Balaban J connectivity index is 1.99. The third-order valence-corrected chi connectivity index (χ3v) is 3.70. The minimum Gasteiger partial charge on any atom is -0.388 e. The van der Waals surface area contributed by atoms with E-state index >= 15 is 0 Å². The van der Waals surface area contributed by atoms with Crippen LogP contribution in [0, 0.1) is 5.92 Å². The predicted molar refractivity (Wildman–Crippen MR) is 83.6 cm³/mol. The van der Waals surface area contributed by atoms with Gasteiger partial charge in [-0.25, -0.2) is 0 Å². The van der Waals surface area contributed by atoms with E-state index in [0.29, 0.717) is 0 Å². The lowest BCUT2D eigenvalue weighted by Gasteiger charge is -2.23. The Labute approximate surface area is 121 Å². The molecule has 20 heavy (non-hydrogen) atoms. The fourth-order valence-corrected chi connectivity index (χ4v) is 2.55. The summed E-state index contributed by atoms with van der Waals surface area (Å²) in [6.45, 7) is 0.822. The van der Waals surface area contributed by atoms with Crippen LogP contribution in [0.4, 0.5) is 0 Å². The van der Waals surface area contributed by atoms with Crippen LogP contribution < -0.4 is 5.32 Å². The Morgan fingerprint density at radius 1 is 0.950 bits per heavy atom. The van der Waals surface area contributed by atoms with Gasteiger partial charge in [-0.1, -0.05) is 60.7 Å². The molecule has 2 heteroatoms. The molecule has 1 unspecified atom stereocenters. The maximum atomic E-state index is 10.5. The molecule has 0 bridgehead atoms. The van der Waals surface area contributed by atoms with E-state index in [-0.39, 0.29) is 5.92 Å². The first-order valence-electron chi connectivity index (χ1n) is 7.23. The van der Waals surface area contributed by atoms with E-state index in [1.165, 1.54) is 5.56 Å². The molecule has 0 amide bonds. The number of aliphatic hydroxyl groups excluding tert-OH is 1. The predicted octanol–water partition coefficient (Wildman–Crippen LogP) is 3.19. The molecule has 0 fully saturated rings. The number of benzene rings is 2. The van der Waals surface area contributed by atoms with Gasteiger partial charge in [0.05, 0.1) is 6.10 Å². The molecule has 0 spiro atoms. The van der Waals surface area contributed by atoms with Gasteiger partial charge in [0.2, 0.25) is 0 Å². The number of rotatable bonds is 7. The molecule has 0 saturated heterocycles. The second-order valence-corrected chi connectivity index (χ2v) is 5.20. The third-order valence-electron chi connectivity index (χ3n) is 3.70. The van der Waals surface area contributed by atoms with Crippen molar-refractivity contribution in [3.8, 4) is 0 Å². The van der Waals surface area contributed by atoms with Gasteiger partial charge in [0, 0.05) is 12.5 Å². The molecule has 2 rings (SSSR count). The summed E-state index contributed by atoms with van der Waals surface area (Å²) in [4.78, 5) is 0. The number of hydrogen-bond acceptors (Lipinski definition) is 2. The van der Waals surface area contributed by atoms with Gasteiger partial charge in [-0.2, -0.15) is 0 Å². The lowest BCUT2D eigenvalue weighted by molar-refractivity contribution is 0.103. The molecule has 0 heterocycles. The van der Waals surface area contributed by atoms with Gasteiger partial charge < -0.3 is 10.4 Å². The van der Waals surface area contributed by atoms with E-state index in [1.54, 1.807) is 0 Å². The maximum absolute atomic E-state index is 10.5. The zero-order valence-corrected chi connectivity index (χ0v) is 12.0. The van der Waals surface area contributed by atoms with Crippen LogP contribution in [0.15, 0.2) is 60.7 Å². The Morgan fingerprint density at radius 3 is 2.15 bits per heavy atom. The summed E-state index contributed by atoms with van der Waals surface area (Å²) in [5.74, 6) is 0.225. The van der Waals surface area contributed by atoms with Crippen molar-refractivity contribution in [1.82, 2.24) is 5.32 Å². The molecule has 0 aromatic heterocycles. The SMILES string of the molecule is CNC[C@H](CCc1ccccc1)C(O)c1ccccc1. The van der Waals surface area contributed by atoms with E-state index < -0.39 is 6.10 Å². The van der Waals surface area contributed by atoms with Crippen molar-refractivity contribution in [2.24, 2.45) is 5.92 Å². The second-order valence-electron chi connectivity index (χ2n) is 5.20. The lowest BCUT2D eigenvalue weighted by atomic mass is 9.90. The summed E-state index contributed by atoms with van der Waals surface area (Å²) < 4.78 is 0. The Morgan fingerprint density at radius 2 is 1.55 bits per heavy atom. The Bertz CT molecular complexity index is 483. The van der Waals surface area contributed by atoms with Crippen LogP contribution in [-0.2, 0) is 6.42 Å². The summed E-state index contributed by atoms with van der Waals surface area (Å²) in [6, 6.07) is 20.4. The molecule has 0 saturated carbocycles. The average Bonchev–Trinajstić information content (AvgIpc) is 2.52. The van der Waals surface area contributed by atoms with E-state index in [1.807, 2.05) is 43.4 Å². The van der Waals surface area contributed by atoms with Gasteiger partial charge in [0.15, 0.2) is 0 Å². The molecular formula is C18H23NO. The van der Waals surface area contributed by atoms with Crippen molar-refractivity contribution < 1.29 is 5.11 Å². The average molecular weight is 269 g/mol. The molecule has 0 aliphatic carbocycles. The van der Waals surface area contributed by atoms with Crippen LogP contribution >= 0.6 is 0 Å². The molecular weight excluding hydrogens is 246 g/mol. The van der Waals surface area contributed by atoms with Crippen LogP contribution in [0.2, 0.25) is 0 Å². The molecule has 2 aromatic carbocycles. The molecule has 2 N–H and O–H groups in total. The van der Waals surface area contributed by atoms with Crippen LogP contribution in [0.1, 0.15) is 23.7 Å². The quantitative estimate of drug-likeness (QED) is 0.809. The molecule has 106 valence electrons. The number of nitrogens with one attached hydrogen (secondary N) is 1. The molecule has 0 aliphatic heterocycles. The standard InChI is InChI=1S/C18H23NO/c1-19-14-17(13-12-15-8-4-2-5-9-15)18(20)16-10-6-3-7-11-16/h2-11,17-20H,12-14H2,1H3/t17-,18?/m0/s1. The monoisotopic (exact) mass is 269 g/mol. The van der Waals surface area contributed by atoms with E-state index in [9.17, 15) is 5.11 Å². The Kier molecular flexibility index (Phi) is 5.78. The zero-order valence-electron chi connectivity index (χ0n) is 12.0. The summed E-state index contributed by atoms with van der Waals surface area (Å²) >= 11 is 0. The van der Waals surface area contributed by atoms with Crippen LogP contribution in [0.5, 0.6) is 0 Å². The number of aliphatic hydroxyl groups is 1. The minimum atomic E-state index is -0.410.